The van der Waals surface area contributed by atoms with Gasteiger partial charge in [-0.2, -0.15) is 0 Å². The van der Waals surface area contributed by atoms with Crippen molar-refractivity contribution < 1.29 is 4.79 Å². The molecule has 0 radical (unpaired) electrons. The largest absolute Gasteiger partial charge is 0.353 e. The molecule has 1 aliphatic rings. The average Bonchev–Trinajstić information content (AvgIpc) is 2.98. The molecule has 0 unspecified atom stereocenters. The van der Waals surface area contributed by atoms with Crippen molar-refractivity contribution in [1.29, 1.82) is 0 Å². The number of benzene rings is 1. The minimum atomic E-state index is 0.245. The Morgan fingerprint density at radius 3 is 2.58 bits per heavy atom. The lowest BCUT2D eigenvalue weighted by molar-refractivity contribution is 0.0972. The van der Waals surface area contributed by atoms with Gasteiger partial charge in [0.2, 0.25) is 0 Å². The number of ketones is 1. The second-order valence-electron chi connectivity index (χ2n) is 6.70. The van der Waals surface area contributed by atoms with E-state index in [1.54, 1.807) is 0 Å². The highest BCUT2D eigenvalue weighted by molar-refractivity contribution is 6.07. The van der Waals surface area contributed by atoms with Gasteiger partial charge in [-0.1, -0.05) is 25.1 Å². The third kappa shape index (κ3) is 2.92. The van der Waals surface area contributed by atoms with Crippen molar-refractivity contribution in [2.75, 3.05) is 5.32 Å². The molecule has 4 heteroatoms. The monoisotopic (exact) mass is 345 g/mol. The number of carbonyl (C=O) groups is 1. The standard InChI is InChI=1S/C22H23N3O/c1-2-15-25-18-9-6-10-19(26)20(18)21(24-17-7-4-3-5-8-17)22(25)16-11-13-23-14-12-16/h3-5,7-8,11-14,24H,2,6,9-10,15H2,1H3. The van der Waals surface area contributed by atoms with Crippen molar-refractivity contribution in [2.45, 2.75) is 39.2 Å². The number of rotatable bonds is 5. The van der Waals surface area contributed by atoms with Crippen LogP contribution in [0.3, 0.4) is 0 Å². The fourth-order valence-corrected chi connectivity index (χ4v) is 3.84. The highest BCUT2D eigenvalue weighted by Crippen LogP contribution is 2.41. The van der Waals surface area contributed by atoms with Gasteiger partial charge >= 0.3 is 0 Å². The van der Waals surface area contributed by atoms with Gasteiger partial charge in [-0.05, 0) is 43.5 Å². The second kappa shape index (κ2) is 7.16. The first-order chi connectivity index (χ1) is 12.8. The summed E-state index contributed by atoms with van der Waals surface area (Å²) in [5.41, 5.74) is 6.18. The maximum atomic E-state index is 12.8. The van der Waals surface area contributed by atoms with E-state index in [1.165, 1.54) is 5.69 Å². The van der Waals surface area contributed by atoms with Gasteiger partial charge in [-0.3, -0.25) is 9.78 Å². The van der Waals surface area contributed by atoms with Gasteiger partial charge in [0, 0.05) is 42.3 Å². The Bertz CT molecular complexity index is 914. The summed E-state index contributed by atoms with van der Waals surface area (Å²) in [5, 5.41) is 3.55. The number of fused-ring (bicyclic) bond motifs is 1. The van der Waals surface area contributed by atoms with Crippen molar-refractivity contribution in [3.05, 3.63) is 66.1 Å². The second-order valence-corrected chi connectivity index (χ2v) is 6.70. The van der Waals surface area contributed by atoms with E-state index in [0.29, 0.717) is 6.42 Å². The average molecular weight is 345 g/mol. The summed E-state index contributed by atoms with van der Waals surface area (Å²) < 4.78 is 2.34. The molecule has 0 saturated carbocycles. The van der Waals surface area contributed by atoms with Crippen molar-refractivity contribution >= 4 is 17.2 Å². The molecule has 2 aromatic heterocycles. The highest BCUT2D eigenvalue weighted by atomic mass is 16.1. The molecule has 0 bridgehead atoms. The van der Waals surface area contributed by atoms with Crippen molar-refractivity contribution in [3.63, 3.8) is 0 Å². The minimum absolute atomic E-state index is 0.245. The van der Waals surface area contributed by atoms with Gasteiger partial charge < -0.3 is 9.88 Å². The Hall–Kier alpha value is -2.88. The number of nitrogens with zero attached hydrogens (tertiary/aromatic N) is 2. The number of nitrogens with one attached hydrogen (secondary N) is 1. The van der Waals surface area contributed by atoms with Crippen LogP contribution in [0.5, 0.6) is 0 Å². The maximum Gasteiger partial charge on any atom is 0.166 e. The third-order valence-corrected chi connectivity index (χ3v) is 4.91. The zero-order valence-corrected chi connectivity index (χ0v) is 15.0. The Labute approximate surface area is 153 Å². The van der Waals surface area contributed by atoms with Gasteiger partial charge in [-0.25, -0.2) is 0 Å². The summed E-state index contributed by atoms with van der Waals surface area (Å²) in [7, 11) is 0. The molecular weight excluding hydrogens is 322 g/mol. The molecule has 132 valence electrons. The third-order valence-electron chi connectivity index (χ3n) is 4.91. The highest BCUT2D eigenvalue weighted by Gasteiger charge is 2.30. The number of Topliss-reactive ketones (excluding diaryl/α,β-unsaturated/α-hetero) is 1. The molecule has 1 aromatic carbocycles. The first-order valence-electron chi connectivity index (χ1n) is 9.30. The van der Waals surface area contributed by atoms with E-state index in [0.717, 1.165) is 54.0 Å². The Morgan fingerprint density at radius 2 is 1.85 bits per heavy atom. The number of para-hydroxylation sites is 1. The van der Waals surface area contributed by atoms with Crippen LogP contribution in [0.15, 0.2) is 54.9 Å². The van der Waals surface area contributed by atoms with Crippen LogP contribution >= 0.6 is 0 Å². The zero-order chi connectivity index (χ0) is 17.9. The first-order valence-corrected chi connectivity index (χ1v) is 9.30. The van der Waals surface area contributed by atoms with Crippen molar-refractivity contribution in [2.24, 2.45) is 0 Å². The van der Waals surface area contributed by atoms with Crippen LogP contribution in [0.1, 0.15) is 42.2 Å². The maximum absolute atomic E-state index is 12.8. The minimum Gasteiger partial charge on any atom is -0.353 e. The summed E-state index contributed by atoms with van der Waals surface area (Å²) in [5.74, 6) is 0.245. The van der Waals surface area contributed by atoms with Crippen molar-refractivity contribution in [3.8, 4) is 11.3 Å². The molecule has 4 nitrogen and oxygen atoms in total. The van der Waals surface area contributed by atoms with Crippen molar-refractivity contribution in [1.82, 2.24) is 9.55 Å². The molecular formula is C22H23N3O. The summed E-state index contributed by atoms with van der Waals surface area (Å²) >= 11 is 0. The molecule has 1 aliphatic carbocycles. The lowest BCUT2D eigenvalue weighted by atomic mass is 9.95. The van der Waals surface area contributed by atoms with E-state index >= 15 is 0 Å². The molecule has 0 spiro atoms. The van der Waals surface area contributed by atoms with Gasteiger partial charge in [0.15, 0.2) is 5.78 Å². The van der Waals surface area contributed by atoms with Crippen LogP contribution < -0.4 is 5.32 Å². The SMILES string of the molecule is CCCn1c2c(c(Nc3ccccc3)c1-c1ccncc1)C(=O)CCC2. The molecule has 4 rings (SSSR count). The quantitative estimate of drug-likeness (QED) is 0.689. The Morgan fingerprint density at radius 1 is 1.08 bits per heavy atom. The Kier molecular flexibility index (Phi) is 4.57. The van der Waals surface area contributed by atoms with Crippen LogP contribution in [0.25, 0.3) is 11.3 Å². The molecule has 0 amide bonds. The van der Waals surface area contributed by atoms with Crippen LogP contribution in [0.4, 0.5) is 11.4 Å². The van der Waals surface area contributed by atoms with Crippen LogP contribution in [-0.4, -0.2) is 15.3 Å². The first kappa shape index (κ1) is 16.6. The molecule has 0 fully saturated rings. The summed E-state index contributed by atoms with van der Waals surface area (Å²) in [6.07, 6.45) is 7.16. The number of hydrogen-bond acceptors (Lipinski definition) is 3. The van der Waals surface area contributed by atoms with Crippen LogP contribution in [0, 0.1) is 0 Å². The normalized spacial score (nSPS) is 13.5. The van der Waals surface area contributed by atoms with E-state index in [4.69, 9.17) is 0 Å². The van der Waals surface area contributed by atoms with Gasteiger partial charge in [0.25, 0.3) is 0 Å². The number of pyridine rings is 1. The molecule has 1 N–H and O–H groups in total. The fourth-order valence-electron chi connectivity index (χ4n) is 3.84. The van der Waals surface area contributed by atoms with Crippen LogP contribution in [-0.2, 0) is 13.0 Å². The molecule has 0 atom stereocenters. The van der Waals surface area contributed by atoms with E-state index in [-0.39, 0.29) is 5.78 Å². The predicted molar refractivity (Wildman–Crippen MR) is 105 cm³/mol. The van der Waals surface area contributed by atoms with Gasteiger partial charge in [0.05, 0.1) is 16.9 Å². The number of anilines is 2. The van der Waals surface area contributed by atoms with Gasteiger partial charge in [0.1, 0.15) is 0 Å². The molecule has 2 heterocycles. The molecule has 0 saturated heterocycles. The Balaban J connectivity index is 1.96. The number of carbonyl (C=O) groups excluding carboxylic acids is 1. The van der Waals surface area contributed by atoms with E-state index < -0.39 is 0 Å². The summed E-state index contributed by atoms with van der Waals surface area (Å²) in [4.78, 5) is 17.0. The smallest absolute Gasteiger partial charge is 0.166 e. The number of hydrogen-bond donors (Lipinski definition) is 1. The molecule has 26 heavy (non-hydrogen) atoms. The van der Waals surface area contributed by atoms with E-state index in [1.807, 2.05) is 54.9 Å². The summed E-state index contributed by atoms with van der Waals surface area (Å²) in [6, 6.07) is 14.1. The summed E-state index contributed by atoms with van der Waals surface area (Å²) in [6.45, 7) is 3.08. The topological polar surface area (TPSA) is 46.9 Å². The van der Waals surface area contributed by atoms with E-state index in [9.17, 15) is 4.79 Å². The molecule has 3 aromatic rings. The lowest BCUT2D eigenvalue weighted by Crippen LogP contribution is -2.14. The lowest BCUT2D eigenvalue weighted by Gasteiger charge is -2.15. The van der Waals surface area contributed by atoms with Crippen LogP contribution in [0.2, 0.25) is 0 Å². The number of aromatic nitrogens is 2. The van der Waals surface area contributed by atoms with E-state index in [2.05, 4.69) is 21.8 Å². The predicted octanol–water partition coefficient (Wildman–Crippen LogP) is 5.22. The zero-order valence-electron chi connectivity index (χ0n) is 15.0. The van der Waals surface area contributed by atoms with Gasteiger partial charge in [-0.15, -0.1) is 0 Å². The fraction of sp³-hybridized carbons (Fsp3) is 0.273. The molecule has 0 aliphatic heterocycles.